The van der Waals surface area contributed by atoms with Crippen LogP contribution in [-0.4, -0.2) is 6.79 Å². The van der Waals surface area contributed by atoms with Crippen molar-refractivity contribution in [1.82, 2.24) is 0 Å². The molecular formula is C10H11NO2. The zero-order valence-corrected chi connectivity index (χ0v) is 7.25. The van der Waals surface area contributed by atoms with Crippen molar-refractivity contribution in [2.75, 3.05) is 6.79 Å². The van der Waals surface area contributed by atoms with Crippen molar-refractivity contribution < 1.29 is 9.47 Å². The van der Waals surface area contributed by atoms with Gasteiger partial charge in [0.2, 0.25) is 6.79 Å². The molecule has 1 aromatic rings. The second-order valence-electron chi connectivity index (χ2n) is 3.55. The minimum Gasteiger partial charge on any atom is -0.454 e. The van der Waals surface area contributed by atoms with Crippen LogP contribution in [0, 0.1) is 0 Å². The third-order valence-electron chi connectivity index (χ3n) is 2.76. The third kappa shape index (κ3) is 0.937. The Hall–Kier alpha value is -1.22. The van der Waals surface area contributed by atoms with E-state index in [2.05, 4.69) is 6.07 Å². The van der Waals surface area contributed by atoms with Crippen LogP contribution in [0.5, 0.6) is 11.5 Å². The van der Waals surface area contributed by atoms with Gasteiger partial charge >= 0.3 is 0 Å². The molecule has 1 aromatic carbocycles. The maximum Gasteiger partial charge on any atom is 0.231 e. The van der Waals surface area contributed by atoms with Crippen LogP contribution in [-0.2, 0) is 6.42 Å². The van der Waals surface area contributed by atoms with Gasteiger partial charge in [-0.1, -0.05) is 0 Å². The van der Waals surface area contributed by atoms with Gasteiger partial charge in [-0.05, 0) is 36.1 Å². The quantitative estimate of drug-likeness (QED) is 0.650. The highest BCUT2D eigenvalue weighted by Gasteiger charge is 2.24. The molecule has 0 aromatic heterocycles. The van der Waals surface area contributed by atoms with E-state index in [1.807, 2.05) is 6.07 Å². The van der Waals surface area contributed by atoms with E-state index in [9.17, 15) is 0 Å². The first-order valence-corrected chi connectivity index (χ1v) is 4.52. The summed E-state index contributed by atoms with van der Waals surface area (Å²) in [6.45, 7) is 0.341. The summed E-state index contributed by atoms with van der Waals surface area (Å²) >= 11 is 0. The van der Waals surface area contributed by atoms with Gasteiger partial charge in [0.15, 0.2) is 11.5 Å². The molecule has 1 aliphatic heterocycles. The Morgan fingerprint density at radius 2 is 2.00 bits per heavy atom. The number of fused-ring (bicyclic) bond motifs is 2. The van der Waals surface area contributed by atoms with E-state index in [0.717, 1.165) is 24.3 Å². The van der Waals surface area contributed by atoms with Crippen molar-refractivity contribution in [3.8, 4) is 11.5 Å². The van der Waals surface area contributed by atoms with E-state index in [4.69, 9.17) is 15.2 Å². The van der Waals surface area contributed by atoms with Gasteiger partial charge in [-0.15, -0.1) is 0 Å². The van der Waals surface area contributed by atoms with E-state index < -0.39 is 0 Å². The number of benzene rings is 1. The molecule has 0 bridgehead atoms. The summed E-state index contributed by atoms with van der Waals surface area (Å²) in [6, 6.07) is 4.27. The molecule has 0 radical (unpaired) electrons. The normalized spacial score (nSPS) is 23.3. The highest BCUT2D eigenvalue weighted by Crippen LogP contribution is 2.40. The van der Waals surface area contributed by atoms with Gasteiger partial charge in [0.1, 0.15) is 0 Å². The zero-order valence-electron chi connectivity index (χ0n) is 7.25. The van der Waals surface area contributed by atoms with Crippen molar-refractivity contribution >= 4 is 0 Å². The Bertz CT molecular complexity index is 362. The van der Waals surface area contributed by atoms with Crippen LogP contribution in [0.1, 0.15) is 23.6 Å². The lowest BCUT2D eigenvalue weighted by Gasteiger charge is -2.05. The average molecular weight is 177 g/mol. The maximum atomic E-state index is 5.94. The summed E-state index contributed by atoms with van der Waals surface area (Å²) in [5.74, 6) is 1.71. The fraction of sp³-hybridized carbons (Fsp3) is 0.400. The summed E-state index contributed by atoms with van der Waals surface area (Å²) in [5, 5.41) is 0. The van der Waals surface area contributed by atoms with Crippen LogP contribution < -0.4 is 15.2 Å². The number of ether oxygens (including phenoxy) is 2. The molecule has 1 heterocycles. The van der Waals surface area contributed by atoms with Crippen molar-refractivity contribution in [2.45, 2.75) is 18.9 Å². The van der Waals surface area contributed by atoms with Crippen LogP contribution in [0.15, 0.2) is 12.1 Å². The lowest BCUT2D eigenvalue weighted by Crippen LogP contribution is -2.04. The van der Waals surface area contributed by atoms with Crippen LogP contribution in [0.25, 0.3) is 0 Å². The van der Waals surface area contributed by atoms with Gasteiger partial charge in [0.25, 0.3) is 0 Å². The molecular weight excluding hydrogens is 166 g/mol. The maximum absolute atomic E-state index is 5.94. The first-order chi connectivity index (χ1) is 6.34. The molecule has 2 N–H and O–H groups in total. The summed E-state index contributed by atoms with van der Waals surface area (Å²) in [7, 11) is 0. The van der Waals surface area contributed by atoms with Gasteiger partial charge in [-0.3, -0.25) is 0 Å². The average Bonchev–Trinajstić information content (AvgIpc) is 2.70. The van der Waals surface area contributed by atoms with E-state index >= 15 is 0 Å². The van der Waals surface area contributed by atoms with Crippen LogP contribution in [0.3, 0.4) is 0 Å². The molecule has 1 unspecified atom stereocenters. The molecule has 3 rings (SSSR count). The first kappa shape index (κ1) is 7.21. The van der Waals surface area contributed by atoms with Gasteiger partial charge in [0.05, 0.1) is 0 Å². The van der Waals surface area contributed by atoms with E-state index in [0.29, 0.717) is 6.79 Å². The molecule has 2 aliphatic rings. The predicted octanol–water partition coefficient (Wildman–Crippen LogP) is 1.36. The van der Waals surface area contributed by atoms with Crippen LogP contribution >= 0.6 is 0 Å². The third-order valence-corrected chi connectivity index (χ3v) is 2.76. The molecule has 0 saturated carbocycles. The summed E-state index contributed by atoms with van der Waals surface area (Å²) in [6.07, 6.45) is 2.10. The van der Waals surface area contributed by atoms with Crippen LogP contribution in [0.2, 0.25) is 0 Å². The smallest absolute Gasteiger partial charge is 0.231 e. The highest BCUT2D eigenvalue weighted by molar-refractivity contribution is 5.51. The number of hydrogen-bond acceptors (Lipinski definition) is 3. The minimum atomic E-state index is 0.185. The minimum absolute atomic E-state index is 0.185. The standard InChI is InChI=1S/C10H11NO2/c11-8-2-1-6-3-9-10(4-7(6)8)13-5-12-9/h3-4,8H,1-2,5,11H2. The first-order valence-electron chi connectivity index (χ1n) is 4.52. The summed E-state index contributed by atoms with van der Waals surface area (Å²) in [4.78, 5) is 0. The van der Waals surface area contributed by atoms with Crippen molar-refractivity contribution in [3.05, 3.63) is 23.3 Å². The molecule has 0 saturated heterocycles. The molecule has 0 spiro atoms. The number of aryl methyl sites for hydroxylation is 1. The zero-order chi connectivity index (χ0) is 8.84. The SMILES string of the molecule is NC1CCc2cc3c(cc21)OCO3. The Morgan fingerprint density at radius 3 is 2.85 bits per heavy atom. The second kappa shape index (κ2) is 2.39. The molecule has 0 fully saturated rings. The van der Waals surface area contributed by atoms with Crippen molar-refractivity contribution in [2.24, 2.45) is 5.73 Å². The Balaban J connectivity index is 2.16. The van der Waals surface area contributed by atoms with Gasteiger partial charge in [-0.2, -0.15) is 0 Å². The number of rotatable bonds is 0. The fourth-order valence-corrected chi connectivity index (χ4v) is 2.03. The Labute approximate surface area is 76.4 Å². The molecule has 13 heavy (non-hydrogen) atoms. The lowest BCUT2D eigenvalue weighted by molar-refractivity contribution is 0.174. The summed E-state index contributed by atoms with van der Waals surface area (Å²) < 4.78 is 10.6. The van der Waals surface area contributed by atoms with Gasteiger partial charge < -0.3 is 15.2 Å². The topological polar surface area (TPSA) is 44.5 Å². The molecule has 3 nitrogen and oxygen atoms in total. The van der Waals surface area contributed by atoms with E-state index in [-0.39, 0.29) is 6.04 Å². The predicted molar refractivity (Wildman–Crippen MR) is 47.8 cm³/mol. The van der Waals surface area contributed by atoms with E-state index in [1.54, 1.807) is 0 Å². The van der Waals surface area contributed by atoms with Gasteiger partial charge in [0, 0.05) is 6.04 Å². The summed E-state index contributed by atoms with van der Waals surface area (Å²) in [5.41, 5.74) is 8.49. The molecule has 1 aliphatic carbocycles. The molecule has 1 atom stereocenters. The molecule has 68 valence electrons. The van der Waals surface area contributed by atoms with Crippen molar-refractivity contribution in [3.63, 3.8) is 0 Å². The lowest BCUT2D eigenvalue weighted by atomic mass is 10.1. The number of nitrogens with two attached hydrogens (primary N) is 1. The largest absolute Gasteiger partial charge is 0.454 e. The number of hydrogen-bond donors (Lipinski definition) is 1. The highest BCUT2D eigenvalue weighted by atomic mass is 16.7. The Kier molecular flexibility index (Phi) is 1.32. The Morgan fingerprint density at radius 1 is 1.23 bits per heavy atom. The van der Waals surface area contributed by atoms with Gasteiger partial charge in [-0.25, -0.2) is 0 Å². The fourth-order valence-electron chi connectivity index (χ4n) is 2.03. The van der Waals surface area contributed by atoms with Crippen molar-refractivity contribution in [1.29, 1.82) is 0 Å². The van der Waals surface area contributed by atoms with Crippen LogP contribution in [0.4, 0.5) is 0 Å². The molecule has 3 heteroatoms. The monoisotopic (exact) mass is 177 g/mol. The van der Waals surface area contributed by atoms with E-state index in [1.165, 1.54) is 11.1 Å². The molecule has 0 amide bonds. The second-order valence-corrected chi connectivity index (χ2v) is 3.55.